The number of hydrogen-bond donors (Lipinski definition) is 3. The lowest BCUT2D eigenvalue weighted by atomic mass is 9.79. The normalized spacial score (nSPS) is 13.1. The molecule has 2 heterocycles. The number of carbonyl (C=O) groups is 1. The van der Waals surface area contributed by atoms with E-state index < -0.39 is 24.3 Å². The number of nitrogens with zero attached hydrogens (tertiary/aromatic N) is 3. The first-order chi connectivity index (χ1) is 27.1. The maximum absolute atomic E-state index is 13.9. The van der Waals surface area contributed by atoms with Crippen LogP contribution in [-0.2, 0) is 46.8 Å². The van der Waals surface area contributed by atoms with Crippen molar-refractivity contribution in [1.82, 2.24) is 24.6 Å². The van der Waals surface area contributed by atoms with Crippen molar-refractivity contribution in [1.29, 1.82) is 0 Å². The number of hydrogen-bond acceptors (Lipinski definition) is 11. The van der Waals surface area contributed by atoms with Crippen molar-refractivity contribution >= 4 is 41.7 Å². The summed E-state index contributed by atoms with van der Waals surface area (Å²) in [5, 5.41) is 2.82. The fourth-order valence-electron chi connectivity index (χ4n) is 5.96. The molecule has 2 aromatic heterocycles. The molecule has 1 unspecified atom stereocenters. The molecule has 0 aliphatic rings. The van der Waals surface area contributed by atoms with Crippen molar-refractivity contribution < 1.29 is 27.9 Å². The van der Waals surface area contributed by atoms with Gasteiger partial charge >= 0.3 is 7.75 Å². The van der Waals surface area contributed by atoms with E-state index in [-0.39, 0.29) is 67.7 Å². The van der Waals surface area contributed by atoms with Crippen LogP contribution in [0.5, 0.6) is 0 Å². The molecule has 13 nitrogen and oxygen atoms in total. The van der Waals surface area contributed by atoms with Gasteiger partial charge in [-0.1, -0.05) is 133 Å². The van der Waals surface area contributed by atoms with Crippen LogP contribution in [0.4, 0.5) is 5.95 Å². The van der Waals surface area contributed by atoms with E-state index in [2.05, 4.69) is 20.0 Å². The van der Waals surface area contributed by atoms with Crippen molar-refractivity contribution in [2.24, 2.45) is 5.41 Å². The predicted molar refractivity (Wildman–Crippen MR) is 218 cm³/mol. The van der Waals surface area contributed by atoms with Crippen LogP contribution in [0.3, 0.4) is 0 Å². The molecule has 4 aromatic carbocycles. The highest BCUT2D eigenvalue weighted by Crippen LogP contribution is 2.45. The summed E-state index contributed by atoms with van der Waals surface area (Å²) in [6.45, 7) is 4.00. The van der Waals surface area contributed by atoms with E-state index in [1.54, 1.807) is 0 Å². The monoisotopic (exact) mass is 796 g/mol. The van der Waals surface area contributed by atoms with E-state index in [1.165, 1.54) is 10.9 Å². The van der Waals surface area contributed by atoms with Gasteiger partial charge in [-0.3, -0.25) is 28.2 Å². The van der Waals surface area contributed by atoms with E-state index in [0.717, 1.165) is 34.0 Å². The Bertz CT molecular complexity index is 2180. The summed E-state index contributed by atoms with van der Waals surface area (Å²) in [7, 11) is -3.85. The number of rotatable bonds is 20. The van der Waals surface area contributed by atoms with Gasteiger partial charge in [0.05, 0.1) is 38.2 Å². The fraction of sp³-hybridized carbons (Fsp3) is 0.268. The molecule has 0 saturated heterocycles. The molecular weight excluding hydrogens is 752 g/mol. The summed E-state index contributed by atoms with van der Waals surface area (Å²) in [4.78, 5) is 36.4. The first kappa shape index (κ1) is 40.7. The number of H-pyrrole nitrogens is 1. The van der Waals surface area contributed by atoms with Crippen molar-refractivity contribution in [3.05, 3.63) is 160 Å². The zero-order valence-electron chi connectivity index (χ0n) is 31.2. The van der Waals surface area contributed by atoms with Gasteiger partial charge in [0.2, 0.25) is 5.95 Å². The maximum atomic E-state index is 13.9. The first-order valence-electron chi connectivity index (χ1n) is 18.0. The van der Waals surface area contributed by atoms with Crippen LogP contribution in [0.25, 0.3) is 11.2 Å². The third-order valence-electron chi connectivity index (χ3n) is 8.85. The number of nitrogens with one attached hydrogen (secondary N) is 2. The lowest BCUT2D eigenvalue weighted by Gasteiger charge is -2.38. The van der Waals surface area contributed by atoms with Crippen molar-refractivity contribution in [2.75, 3.05) is 37.9 Å². The Hall–Kier alpha value is -4.92. The SMILES string of the molecule is CC(C)(COC(c1ccccc1)(c1ccccc1)c1ccccc1)C(=O)SCCOP(=O)(NCc1ccccc1)OCCOCn1cnc2c(=O)[nH]c(N)nc21. The van der Waals surface area contributed by atoms with E-state index in [1.807, 2.05) is 135 Å². The second-order valence-corrected chi connectivity index (χ2v) is 16.3. The second-order valence-electron chi connectivity index (χ2n) is 13.4. The van der Waals surface area contributed by atoms with Crippen molar-refractivity contribution in [3.8, 4) is 0 Å². The fourth-order valence-corrected chi connectivity index (χ4v) is 8.17. The largest absolute Gasteiger partial charge is 0.405 e. The second kappa shape index (κ2) is 18.8. The summed E-state index contributed by atoms with van der Waals surface area (Å²) in [6.07, 6.45) is 1.42. The number of nitrogen functional groups attached to an aromatic ring is 1. The molecule has 0 fully saturated rings. The highest BCUT2D eigenvalue weighted by Gasteiger charge is 2.40. The summed E-state index contributed by atoms with van der Waals surface area (Å²) in [6, 6.07) is 39.5. The van der Waals surface area contributed by atoms with Gasteiger partial charge in [0.1, 0.15) is 12.3 Å². The molecule has 1 atom stereocenters. The van der Waals surface area contributed by atoms with Gasteiger partial charge in [-0.15, -0.1) is 0 Å². The van der Waals surface area contributed by atoms with Gasteiger partial charge in [-0.05, 0) is 36.1 Å². The number of anilines is 1. The zero-order valence-corrected chi connectivity index (χ0v) is 32.9. The lowest BCUT2D eigenvalue weighted by Crippen LogP contribution is -2.38. The van der Waals surface area contributed by atoms with Gasteiger partial charge in [-0.2, -0.15) is 4.98 Å². The minimum absolute atomic E-state index is 0.000225. The molecule has 292 valence electrons. The van der Waals surface area contributed by atoms with E-state index in [0.29, 0.717) is 0 Å². The topological polar surface area (TPSA) is 173 Å². The number of benzene rings is 4. The average molecular weight is 797 g/mol. The molecule has 0 aliphatic carbocycles. The lowest BCUT2D eigenvalue weighted by molar-refractivity contribution is -0.124. The van der Waals surface area contributed by atoms with Crippen LogP contribution in [0.1, 0.15) is 36.1 Å². The molecule has 0 bridgehead atoms. The van der Waals surface area contributed by atoms with Crippen LogP contribution in [0, 0.1) is 5.41 Å². The number of carbonyl (C=O) groups excluding carboxylic acids is 1. The summed E-state index contributed by atoms with van der Waals surface area (Å²) < 4.78 is 39.6. The maximum Gasteiger partial charge on any atom is 0.405 e. The molecule has 0 spiro atoms. The Balaban J connectivity index is 1.06. The number of nitrogens with two attached hydrogens (primary N) is 1. The smallest absolute Gasteiger partial charge is 0.369 e. The van der Waals surface area contributed by atoms with E-state index >= 15 is 0 Å². The number of aromatic nitrogens is 4. The molecule has 4 N–H and O–H groups in total. The third kappa shape index (κ3) is 10.1. The molecule has 0 amide bonds. The predicted octanol–water partition coefficient (Wildman–Crippen LogP) is 6.90. The quantitative estimate of drug-likeness (QED) is 0.0415. The zero-order chi connectivity index (χ0) is 39.4. The van der Waals surface area contributed by atoms with Gasteiger partial charge in [-0.25, -0.2) is 14.6 Å². The van der Waals surface area contributed by atoms with Crippen LogP contribution in [0.15, 0.2) is 132 Å². The molecule has 56 heavy (non-hydrogen) atoms. The van der Waals surface area contributed by atoms with E-state index in [9.17, 15) is 14.2 Å². The minimum atomic E-state index is -3.85. The van der Waals surface area contributed by atoms with Gasteiger partial charge in [0.25, 0.3) is 5.56 Å². The summed E-state index contributed by atoms with van der Waals surface area (Å²) in [5.41, 5.74) is 7.48. The standard InChI is InChI=1S/C41H45N6O7PS/c1-40(2,28-52-41(32-17-9-4-10-18-32,33-19-11-5-12-20-33)34-21-13-6-14-22-34)38(49)56-26-25-54-55(50,44-27-31-15-7-3-8-16-31)53-24-23-51-30-47-29-43-35-36(47)45-39(42)46-37(35)48/h3-22,29H,23-28,30H2,1-2H3,(H,44,50)(H3,42,45,46,48). The molecule has 15 heteroatoms. The van der Waals surface area contributed by atoms with Gasteiger partial charge < -0.3 is 15.2 Å². The van der Waals surface area contributed by atoms with Crippen molar-refractivity contribution in [3.63, 3.8) is 0 Å². The number of thioether (sulfide) groups is 1. The summed E-state index contributed by atoms with van der Waals surface area (Å²) in [5.74, 6) is 0.187. The molecule has 0 aliphatic heterocycles. The Morgan fingerprint density at radius 1 is 0.839 bits per heavy atom. The first-order valence-corrected chi connectivity index (χ1v) is 20.6. The van der Waals surface area contributed by atoms with Crippen LogP contribution in [-0.4, -0.2) is 56.8 Å². The Kier molecular flexibility index (Phi) is 13.7. The molecular formula is C41H45N6O7PS. The number of imidazole rings is 1. The number of fused-ring (bicyclic) bond motifs is 1. The minimum Gasteiger partial charge on any atom is -0.369 e. The van der Waals surface area contributed by atoms with Crippen molar-refractivity contribution in [2.45, 2.75) is 32.7 Å². The highest BCUT2D eigenvalue weighted by molar-refractivity contribution is 8.13. The highest BCUT2D eigenvalue weighted by atomic mass is 32.2. The Morgan fingerprint density at radius 3 is 1.98 bits per heavy atom. The number of ether oxygens (including phenoxy) is 2. The summed E-state index contributed by atoms with van der Waals surface area (Å²) >= 11 is 1.09. The average Bonchev–Trinajstić information content (AvgIpc) is 3.63. The van der Waals surface area contributed by atoms with Crippen LogP contribution >= 0.6 is 19.5 Å². The van der Waals surface area contributed by atoms with E-state index in [4.69, 9.17) is 24.3 Å². The number of aromatic amines is 1. The van der Waals surface area contributed by atoms with Crippen LogP contribution in [0.2, 0.25) is 0 Å². The Morgan fingerprint density at radius 2 is 1.39 bits per heavy atom. The third-order valence-corrected chi connectivity index (χ3v) is 11.6. The molecule has 6 rings (SSSR count). The van der Waals surface area contributed by atoms with Gasteiger partial charge in [0.15, 0.2) is 16.3 Å². The molecule has 6 aromatic rings. The molecule has 0 radical (unpaired) electrons. The Labute approximate surface area is 329 Å². The van der Waals surface area contributed by atoms with Crippen LogP contribution < -0.4 is 16.4 Å². The molecule has 0 saturated carbocycles. The van der Waals surface area contributed by atoms with Gasteiger partial charge in [0, 0.05) is 12.3 Å².